The van der Waals surface area contributed by atoms with Crippen LogP contribution in [0.4, 0.5) is 14.5 Å². The normalized spacial score (nSPS) is 10.3. The summed E-state index contributed by atoms with van der Waals surface area (Å²) >= 11 is 6.13. The SMILES string of the molecule is Cc1c(N)ccc(Br)c1F.Fc1c(Br)ccc2[nH]ncc12. The van der Waals surface area contributed by atoms with Crippen molar-refractivity contribution in [2.45, 2.75) is 6.92 Å². The van der Waals surface area contributed by atoms with Crippen LogP contribution in [0.5, 0.6) is 0 Å². The van der Waals surface area contributed by atoms with Crippen molar-refractivity contribution in [2.24, 2.45) is 0 Å². The van der Waals surface area contributed by atoms with Crippen molar-refractivity contribution < 1.29 is 8.78 Å². The molecule has 0 aliphatic carbocycles. The fraction of sp³-hybridized carbons (Fsp3) is 0.0714. The first-order valence-electron chi connectivity index (χ1n) is 5.89. The standard InChI is InChI=1S/C7H4BrFN2.C7H7BrFN/c8-5-1-2-6-4(7(5)9)3-10-11-6;1-4-6(10)3-2-5(8)7(4)9/h1-3H,(H,10,11);2-3H,10H2,1H3. The molecule has 0 saturated heterocycles. The molecule has 0 aliphatic heterocycles. The number of hydrogen-bond donors (Lipinski definition) is 2. The van der Waals surface area contributed by atoms with Crippen LogP contribution in [-0.4, -0.2) is 10.2 Å². The van der Waals surface area contributed by atoms with Crippen LogP contribution in [0.3, 0.4) is 0 Å². The van der Waals surface area contributed by atoms with Crippen LogP contribution >= 0.6 is 31.9 Å². The van der Waals surface area contributed by atoms with E-state index in [1.165, 1.54) is 6.20 Å². The van der Waals surface area contributed by atoms with Gasteiger partial charge in [-0.25, -0.2) is 8.78 Å². The zero-order chi connectivity index (χ0) is 15.6. The van der Waals surface area contributed by atoms with Crippen LogP contribution in [0.1, 0.15) is 5.56 Å². The predicted octanol–water partition coefficient (Wildman–Crippen LogP) is 4.94. The summed E-state index contributed by atoms with van der Waals surface area (Å²) in [5.41, 5.74) is 7.12. The van der Waals surface area contributed by atoms with E-state index in [-0.39, 0.29) is 11.6 Å². The number of nitrogens with two attached hydrogens (primary N) is 1. The Morgan fingerprint density at radius 1 is 1.05 bits per heavy atom. The maximum absolute atomic E-state index is 13.1. The van der Waals surface area contributed by atoms with Gasteiger partial charge in [-0.15, -0.1) is 0 Å². The topological polar surface area (TPSA) is 54.7 Å². The highest BCUT2D eigenvalue weighted by Gasteiger charge is 2.05. The number of rotatable bonds is 0. The highest BCUT2D eigenvalue weighted by molar-refractivity contribution is 9.10. The number of halogens is 4. The third-order valence-electron chi connectivity index (χ3n) is 2.89. The van der Waals surface area contributed by atoms with Crippen molar-refractivity contribution in [3.63, 3.8) is 0 Å². The van der Waals surface area contributed by atoms with Gasteiger partial charge in [-0.3, -0.25) is 5.10 Å². The number of nitrogens with zero attached hydrogens (tertiary/aromatic N) is 1. The quantitative estimate of drug-likeness (QED) is 0.508. The number of nitrogen functional groups attached to an aromatic ring is 1. The van der Waals surface area contributed by atoms with E-state index in [1.807, 2.05) is 0 Å². The van der Waals surface area contributed by atoms with Crippen LogP contribution in [0.25, 0.3) is 10.9 Å². The number of nitrogens with one attached hydrogen (secondary N) is 1. The molecule has 0 atom stereocenters. The molecule has 1 heterocycles. The Morgan fingerprint density at radius 3 is 2.33 bits per heavy atom. The molecule has 0 amide bonds. The van der Waals surface area contributed by atoms with Crippen LogP contribution in [0, 0.1) is 18.6 Å². The first-order valence-corrected chi connectivity index (χ1v) is 7.47. The molecule has 2 aromatic carbocycles. The van der Waals surface area contributed by atoms with Gasteiger partial charge in [-0.2, -0.15) is 5.10 Å². The van der Waals surface area contributed by atoms with E-state index in [2.05, 4.69) is 42.1 Å². The second-order valence-electron chi connectivity index (χ2n) is 4.27. The van der Waals surface area contributed by atoms with Crippen molar-refractivity contribution in [1.29, 1.82) is 0 Å². The molecule has 3 nitrogen and oxygen atoms in total. The number of fused-ring (bicyclic) bond motifs is 1. The van der Waals surface area contributed by atoms with Gasteiger partial charge in [-0.05, 0) is 63.0 Å². The summed E-state index contributed by atoms with van der Waals surface area (Å²) in [6, 6.07) is 6.69. The van der Waals surface area contributed by atoms with Crippen LogP contribution in [0.2, 0.25) is 0 Å². The Hall–Kier alpha value is -1.47. The first kappa shape index (κ1) is 15.9. The fourth-order valence-electron chi connectivity index (χ4n) is 1.62. The maximum Gasteiger partial charge on any atom is 0.148 e. The van der Waals surface area contributed by atoms with Gasteiger partial charge in [0, 0.05) is 11.3 Å². The summed E-state index contributed by atoms with van der Waals surface area (Å²) in [6.45, 7) is 1.65. The van der Waals surface area contributed by atoms with Crippen LogP contribution in [-0.2, 0) is 0 Å². The monoisotopic (exact) mass is 417 g/mol. The molecule has 0 radical (unpaired) electrons. The van der Waals surface area contributed by atoms with Crippen molar-refractivity contribution in [3.8, 4) is 0 Å². The Balaban J connectivity index is 0.000000155. The van der Waals surface area contributed by atoms with Gasteiger partial charge in [0.2, 0.25) is 0 Å². The zero-order valence-corrected chi connectivity index (χ0v) is 14.1. The van der Waals surface area contributed by atoms with Gasteiger partial charge in [0.1, 0.15) is 11.6 Å². The lowest BCUT2D eigenvalue weighted by Crippen LogP contribution is -1.92. The minimum Gasteiger partial charge on any atom is -0.398 e. The number of aromatic amines is 1. The summed E-state index contributed by atoms with van der Waals surface area (Å²) in [4.78, 5) is 0. The van der Waals surface area contributed by atoms with Crippen LogP contribution < -0.4 is 5.73 Å². The molecule has 0 aliphatic rings. The molecule has 0 unspecified atom stereocenters. The molecule has 1 aromatic heterocycles. The predicted molar refractivity (Wildman–Crippen MR) is 87.0 cm³/mol. The molecule has 0 bridgehead atoms. The average molecular weight is 419 g/mol. The Kier molecular flexibility index (Phi) is 4.95. The first-order chi connectivity index (χ1) is 9.91. The third kappa shape index (κ3) is 3.41. The van der Waals surface area contributed by atoms with E-state index in [1.54, 1.807) is 31.2 Å². The molecule has 0 saturated carbocycles. The van der Waals surface area contributed by atoms with E-state index in [4.69, 9.17) is 5.73 Å². The molecule has 110 valence electrons. The summed E-state index contributed by atoms with van der Waals surface area (Å²) < 4.78 is 26.9. The number of aromatic nitrogens is 2. The zero-order valence-electron chi connectivity index (χ0n) is 10.9. The van der Waals surface area contributed by atoms with E-state index in [9.17, 15) is 8.78 Å². The Labute approximate surface area is 136 Å². The molecule has 3 N–H and O–H groups in total. The second kappa shape index (κ2) is 6.53. The smallest absolute Gasteiger partial charge is 0.148 e. The van der Waals surface area contributed by atoms with Gasteiger partial charge in [-0.1, -0.05) is 0 Å². The van der Waals surface area contributed by atoms with Gasteiger partial charge < -0.3 is 5.73 Å². The summed E-state index contributed by atoms with van der Waals surface area (Å²) in [5.74, 6) is -0.545. The van der Waals surface area contributed by atoms with Gasteiger partial charge in [0.25, 0.3) is 0 Å². The van der Waals surface area contributed by atoms with Gasteiger partial charge in [0.15, 0.2) is 0 Å². The minimum atomic E-state index is -0.278. The van der Waals surface area contributed by atoms with E-state index < -0.39 is 0 Å². The molecular formula is C14H11Br2F2N3. The van der Waals surface area contributed by atoms with E-state index in [0.29, 0.717) is 31.1 Å². The van der Waals surface area contributed by atoms with Crippen LogP contribution in [0.15, 0.2) is 39.4 Å². The molecule has 3 aromatic rings. The lowest BCUT2D eigenvalue weighted by atomic mass is 10.2. The molecule has 21 heavy (non-hydrogen) atoms. The number of benzene rings is 2. The number of H-pyrrole nitrogens is 1. The molecule has 0 spiro atoms. The Bertz CT molecular complexity index is 760. The Morgan fingerprint density at radius 2 is 1.67 bits per heavy atom. The van der Waals surface area contributed by atoms with E-state index >= 15 is 0 Å². The lowest BCUT2D eigenvalue weighted by molar-refractivity contribution is 0.613. The number of hydrogen-bond acceptors (Lipinski definition) is 2. The van der Waals surface area contributed by atoms with Crippen molar-refractivity contribution in [1.82, 2.24) is 10.2 Å². The van der Waals surface area contributed by atoms with Gasteiger partial charge >= 0.3 is 0 Å². The fourth-order valence-corrected chi connectivity index (χ4v) is 2.40. The van der Waals surface area contributed by atoms with Crippen molar-refractivity contribution in [3.05, 3.63) is 56.6 Å². The maximum atomic E-state index is 13.1. The summed E-state index contributed by atoms with van der Waals surface area (Å²) in [5, 5.41) is 6.91. The molecular weight excluding hydrogens is 408 g/mol. The van der Waals surface area contributed by atoms with E-state index in [0.717, 1.165) is 0 Å². The van der Waals surface area contributed by atoms with Crippen molar-refractivity contribution in [2.75, 3.05) is 5.73 Å². The number of anilines is 1. The summed E-state index contributed by atoms with van der Waals surface area (Å²) in [7, 11) is 0. The minimum absolute atomic E-state index is 0.267. The second-order valence-corrected chi connectivity index (χ2v) is 5.98. The molecule has 3 rings (SSSR count). The lowest BCUT2D eigenvalue weighted by Gasteiger charge is -2.01. The highest BCUT2D eigenvalue weighted by atomic mass is 79.9. The van der Waals surface area contributed by atoms with Crippen molar-refractivity contribution >= 4 is 48.5 Å². The third-order valence-corrected chi connectivity index (χ3v) is 4.12. The molecule has 7 heteroatoms. The highest BCUT2D eigenvalue weighted by Crippen LogP contribution is 2.23. The van der Waals surface area contributed by atoms with Gasteiger partial charge in [0.05, 0.1) is 26.0 Å². The largest absolute Gasteiger partial charge is 0.398 e. The molecule has 0 fully saturated rings. The average Bonchev–Trinajstić information content (AvgIpc) is 2.95. The summed E-state index contributed by atoms with van der Waals surface area (Å²) in [6.07, 6.45) is 1.47.